The lowest BCUT2D eigenvalue weighted by Crippen LogP contribution is -2.36. The highest BCUT2D eigenvalue weighted by atomic mass is 32.1. The number of benzene rings is 1. The van der Waals surface area contributed by atoms with Crippen LogP contribution < -0.4 is 0 Å². The maximum absolute atomic E-state index is 12.5. The molecule has 2 heterocycles. The Balaban J connectivity index is 1.52. The van der Waals surface area contributed by atoms with E-state index in [1.807, 2.05) is 23.3 Å². The van der Waals surface area contributed by atoms with Crippen LogP contribution in [0, 0.1) is 6.92 Å². The lowest BCUT2D eigenvalue weighted by molar-refractivity contribution is -0.130. The topological polar surface area (TPSA) is 36.4 Å². The van der Waals surface area contributed by atoms with E-state index in [1.165, 1.54) is 5.56 Å². The van der Waals surface area contributed by atoms with Crippen LogP contribution in [0.4, 0.5) is 0 Å². The summed E-state index contributed by atoms with van der Waals surface area (Å²) in [4.78, 5) is 21.3. The molecule has 1 aliphatic rings. The summed E-state index contributed by atoms with van der Waals surface area (Å²) >= 11 is 1.61. The SMILES string of the molecule is Cc1nc(CC(=O)N2CCCN(Cc3ccccc3)CC2)cs1. The van der Waals surface area contributed by atoms with Crippen molar-refractivity contribution in [2.75, 3.05) is 26.2 Å². The standard InChI is InChI=1S/C18H23N3OS/c1-15-19-17(14-23-15)12-18(22)21-9-5-8-20(10-11-21)13-16-6-3-2-4-7-16/h2-4,6-7,14H,5,8-13H2,1H3. The number of amides is 1. The summed E-state index contributed by atoms with van der Waals surface area (Å²) in [6.45, 7) is 6.60. The maximum Gasteiger partial charge on any atom is 0.228 e. The Bertz CT molecular complexity index is 641. The first kappa shape index (κ1) is 16.1. The van der Waals surface area contributed by atoms with E-state index in [9.17, 15) is 4.79 Å². The van der Waals surface area contributed by atoms with E-state index in [-0.39, 0.29) is 5.91 Å². The van der Waals surface area contributed by atoms with Gasteiger partial charge in [-0.05, 0) is 18.9 Å². The number of carbonyl (C=O) groups is 1. The molecular formula is C18H23N3OS. The molecule has 1 aliphatic heterocycles. The molecule has 0 N–H and O–H groups in total. The molecule has 0 atom stereocenters. The molecule has 2 aromatic rings. The molecule has 1 aromatic carbocycles. The molecule has 1 saturated heterocycles. The minimum absolute atomic E-state index is 0.205. The molecule has 4 nitrogen and oxygen atoms in total. The second kappa shape index (κ2) is 7.70. The van der Waals surface area contributed by atoms with E-state index in [0.717, 1.165) is 49.8 Å². The summed E-state index contributed by atoms with van der Waals surface area (Å²) < 4.78 is 0. The highest BCUT2D eigenvalue weighted by molar-refractivity contribution is 7.09. The molecule has 0 saturated carbocycles. The third kappa shape index (κ3) is 4.62. The minimum Gasteiger partial charge on any atom is -0.341 e. The van der Waals surface area contributed by atoms with Crippen LogP contribution >= 0.6 is 11.3 Å². The number of aryl methyl sites for hydroxylation is 1. The zero-order valence-corrected chi connectivity index (χ0v) is 14.4. The quantitative estimate of drug-likeness (QED) is 0.865. The lowest BCUT2D eigenvalue weighted by atomic mass is 10.2. The third-order valence-corrected chi connectivity index (χ3v) is 5.01. The van der Waals surface area contributed by atoms with Gasteiger partial charge in [0.1, 0.15) is 0 Å². The zero-order valence-electron chi connectivity index (χ0n) is 13.6. The van der Waals surface area contributed by atoms with E-state index >= 15 is 0 Å². The van der Waals surface area contributed by atoms with Gasteiger partial charge in [-0.15, -0.1) is 11.3 Å². The molecule has 3 rings (SSSR count). The fraction of sp³-hybridized carbons (Fsp3) is 0.444. The summed E-state index contributed by atoms with van der Waals surface area (Å²) in [5, 5.41) is 3.02. The predicted molar refractivity (Wildman–Crippen MR) is 93.5 cm³/mol. The van der Waals surface area contributed by atoms with Crippen LogP contribution in [0.5, 0.6) is 0 Å². The molecule has 0 spiro atoms. The summed E-state index contributed by atoms with van der Waals surface area (Å²) in [6.07, 6.45) is 1.47. The number of hydrogen-bond acceptors (Lipinski definition) is 4. The second-order valence-electron chi connectivity index (χ2n) is 6.03. The average Bonchev–Trinajstić information content (AvgIpc) is 2.82. The Kier molecular flexibility index (Phi) is 5.41. The predicted octanol–water partition coefficient (Wildman–Crippen LogP) is 2.73. The molecule has 0 bridgehead atoms. The molecule has 122 valence electrons. The number of carbonyl (C=O) groups excluding carboxylic acids is 1. The smallest absolute Gasteiger partial charge is 0.228 e. The van der Waals surface area contributed by atoms with Gasteiger partial charge in [0, 0.05) is 38.1 Å². The molecule has 0 unspecified atom stereocenters. The maximum atomic E-state index is 12.5. The Morgan fingerprint density at radius 2 is 2.00 bits per heavy atom. The lowest BCUT2D eigenvalue weighted by Gasteiger charge is -2.22. The van der Waals surface area contributed by atoms with Crippen molar-refractivity contribution in [2.45, 2.75) is 26.3 Å². The van der Waals surface area contributed by atoms with Crippen LogP contribution in [-0.4, -0.2) is 46.9 Å². The minimum atomic E-state index is 0.205. The van der Waals surface area contributed by atoms with Gasteiger partial charge in [-0.25, -0.2) is 4.98 Å². The van der Waals surface area contributed by atoms with Crippen molar-refractivity contribution in [1.82, 2.24) is 14.8 Å². The van der Waals surface area contributed by atoms with Crippen molar-refractivity contribution in [3.8, 4) is 0 Å². The van der Waals surface area contributed by atoms with Gasteiger partial charge in [0.25, 0.3) is 0 Å². The van der Waals surface area contributed by atoms with Crippen molar-refractivity contribution in [2.24, 2.45) is 0 Å². The van der Waals surface area contributed by atoms with Crippen molar-refractivity contribution in [3.05, 3.63) is 52.0 Å². The van der Waals surface area contributed by atoms with Gasteiger partial charge >= 0.3 is 0 Å². The van der Waals surface area contributed by atoms with Gasteiger partial charge in [0.05, 0.1) is 17.1 Å². The van der Waals surface area contributed by atoms with Gasteiger partial charge < -0.3 is 4.90 Å². The Morgan fingerprint density at radius 3 is 2.74 bits per heavy atom. The first-order valence-electron chi connectivity index (χ1n) is 8.16. The number of rotatable bonds is 4. The van der Waals surface area contributed by atoms with Crippen LogP contribution in [0.15, 0.2) is 35.7 Å². The largest absolute Gasteiger partial charge is 0.341 e. The van der Waals surface area contributed by atoms with Gasteiger partial charge in [-0.2, -0.15) is 0 Å². The first-order chi connectivity index (χ1) is 11.2. The van der Waals surface area contributed by atoms with E-state index < -0.39 is 0 Å². The number of aromatic nitrogens is 1. The van der Waals surface area contributed by atoms with E-state index in [1.54, 1.807) is 11.3 Å². The molecule has 1 aromatic heterocycles. The van der Waals surface area contributed by atoms with E-state index in [2.05, 4.69) is 34.1 Å². The highest BCUT2D eigenvalue weighted by Gasteiger charge is 2.20. The average molecular weight is 329 g/mol. The molecule has 1 fully saturated rings. The summed E-state index contributed by atoms with van der Waals surface area (Å²) in [5.41, 5.74) is 2.24. The molecular weight excluding hydrogens is 306 g/mol. The summed E-state index contributed by atoms with van der Waals surface area (Å²) in [7, 11) is 0. The Labute approximate surface area is 141 Å². The first-order valence-corrected chi connectivity index (χ1v) is 9.04. The summed E-state index contributed by atoms with van der Waals surface area (Å²) in [5.74, 6) is 0.205. The third-order valence-electron chi connectivity index (χ3n) is 4.19. The number of thiazole rings is 1. The van der Waals surface area contributed by atoms with Crippen LogP contribution in [0.3, 0.4) is 0 Å². The van der Waals surface area contributed by atoms with Crippen LogP contribution in [-0.2, 0) is 17.8 Å². The monoisotopic (exact) mass is 329 g/mol. The van der Waals surface area contributed by atoms with Gasteiger partial charge in [0.2, 0.25) is 5.91 Å². The van der Waals surface area contributed by atoms with Gasteiger partial charge in [-0.1, -0.05) is 30.3 Å². The van der Waals surface area contributed by atoms with Gasteiger partial charge in [0.15, 0.2) is 0 Å². The van der Waals surface area contributed by atoms with Crippen molar-refractivity contribution >= 4 is 17.2 Å². The number of nitrogens with zero attached hydrogens (tertiary/aromatic N) is 3. The molecule has 1 amide bonds. The van der Waals surface area contributed by atoms with Crippen LogP contribution in [0.2, 0.25) is 0 Å². The molecule has 0 aliphatic carbocycles. The Morgan fingerprint density at radius 1 is 1.17 bits per heavy atom. The van der Waals surface area contributed by atoms with E-state index in [0.29, 0.717) is 6.42 Å². The van der Waals surface area contributed by atoms with Crippen molar-refractivity contribution in [3.63, 3.8) is 0 Å². The molecule has 23 heavy (non-hydrogen) atoms. The fourth-order valence-corrected chi connectivity index (χ4v) is 3.59. The highest BCUT2D eigenvalue weighted by Crippen LogP contribution is 2.12. The van der Waals surface area contributed by atoms with E-state index in [4.69, 9.17) is 0 Å². The zero-order chi connectivity index (χ0) is 16.1. The van der Waals surface area contributed by atoms with Crippen molar-refractivity contribution in [1.29, 1.82) is 0 Å². The Hall–Kier alpha value is -1.72. The van der Waals surface area contributed by atoms with Crippen LogP contribution in [0.25, 0.3) is 0 Å². The fourth-order valence-electron chi connectivity index (χ4n) is 2.98. The molecule has 0 radical (unpaired) electrons. The summed E-state index contributed by atoms with van der Waals surface area (Å²) in [6, 6.07) is 10.5. The van der Waals surface area contributed by atoms with Crippen molar-refractivity contribution < 1.29 is 4.79 Å². The van der Waals surface area contributed by atoms with Crippen LogP contribution in [0.1, 0.15) is 22.7 Å². The second-order valence-corrected chi connectivity index (χ2v) is 7.09. The van der Waals surface area contributed by atoms with Gasteiger partial charge in [-0.3, -0.25) is 9.69 Å². The normalized spacial score (nSPS) is 16.3. The molecule has 5 heteroatoms. The number of hydrogen-bond donors (Lipinski definition) is 0.